The van der Waals surface area contributed by atoms with E-state index in [1.807, 2.05) is 24.3 Å². The summed E-state index contributed by atoms with van der Waals surface area (Å²) >= 11 is 7.84. The molecule has 3 heterocycles. The maximum Gasteiger partial charge on any atom is 0.325 e. The predicted octanol–water partition coefficient (Wildman–Crippen LogP) is 2.17. The Bertz CT molecular complexity index is 930. The fraction of sp³-hybridized carbons (Fsp3) is 0.350. The van der Waals surface area contributed by atoms with Gasteiger partial charge < -0.3 is 10.2 Å². The average molecular weight is 433 g/mol. The largest absolute Gasteiger partial charge is 0.353 e. The van der Waals surface area contributed by atoms with E-state index in [0.29, 0.717) is 11.6 Å². The maximum atomic E-state index is 12.4. The lowest BCUT2D eigenvalue weighted by molar-refractivity contribution is -0.122. The summed E-state index contributed by atoms with van der Waals surface area (Å²) in [6.45, 7) is 1.91. The second-order valence-electron chi connectivity index (χ2n) is 7.17. The standard InChI is InChI=1S/C20H21ClN4O3S/c21-15-3-1-13(2-4-15)16(24-7-5-17-14(10-24)6-8-29-17)9-22-18(26)11-25-12-19(27)23-20(25)28/h1-4,6,8,16H,5,7,9-12H2,(H,22,26)(H,23,27,28). The SMILES string of the molecule is O=C(CN1CC(=O)NC1=O)NCC(c1ccc(Cl)cc1)N1CCc2sccc2C1. The molecule has 4 rings (SSSR count). The molecular weight excluding hydrogens is 412 g/mol. The zero-order chi connectivity index (χ0) is 20.4. The lowest BCUT2D eigenvalue weighted by Crippen LogP contribution is -2.44. The minimum Gasteiger partial charge on any atom is -0.353 e. The van der Waals surface area contributed by atoms with Crippen molar-refractivity contribution in [2.24, 2.45) is 0 Å². The molecule has 1 fully saturated rings. The van der Waals surface area contributed by atoms with Gasteiger partial charge in [0.2, 0.25) is 11.8 Å². The van der Waals surface area contributed by atoms with Gasteiger partial charge in [-0.05, 0) is 41.1 Å². The van der Waals surface area contributed by atoms with Crippen LogP contribution in [-0.4, -0.2) is 53.8 Å². The number of urea groups is 1. The molecule has 0 bridgehead atoms. The fourth-order valence-corrected chi connectivity index (χ4v) is 4.75. The highest BCUT2D eigenvalue weighted by molar-refractivity contribution is 7.10. The Kier molecular flexibility index (Phi) is 5.84. The predicted molar refractivity (Wildman–Crippen MR) is 111 cm³/mol. The summed E-state index contributed by atoms with van der Waals surface area (Å²) in [6, 6.07) is 9.28. The van der Waals surface area contributed by atoms with Gasteiger partial charge in [0.15, 0.2) is 0 Å². The molecule has 0 aliphatic carbocycles. The van der Waals surface area contributed by atoms with E-state index in [1.165, 1.54) is 15.3 Å². The van der Waals surface area contributed by atoms with Gasteiger partial charge in [-0.25, -0.2) is 4.79 Å². The first kappa shape index (κ1) is 19.9. The highest BCUT2D eigenvalue weighted by Gasteiger charge is 2.29. The highest BCUT2D eigenvalue weighted by Crippen LogP contribution is 2.30. The smallest absolute Gasteiger partial charge is 0.325 e. The molecule has 2 aliphatic heterocycles. The van der Waals surface area contributed by atoms with E-state index >= 15 is 0 Å². The van der Waals surface area contributed by atoms with Crippen LogP contribution in [-0.2, 0) is 22.6 Å². The van der Waals surface area contributed by atoms with Crippen LogP contribution in [0.3, 0.4) is 0 Å². The van der Waals surface area contributed by atoms with Crippen LogP contribution in [0.4, 0.5) is 4.79 Å². The average Bonchev–Trinajstić information content (AvgIpc) is 3.28. The molecular formula is C20H21ClN4O3S. The Balaban J connectivity index is 1.44. The molecule has 1 saturated heterocycles. The molecule has 2 N–H and O–H groups in total. The minimum atomic E-state index is -0.527. The van der Waals surface area contributed by atoms with Crippen LogP contribution in [0.15, 0.2) is 35.7 Å². The number of carbonyl (C=O) groups excluding carboxylic acids is 3. The van der Waals surface area contributed by atoms with Crippen molar-refractivity contribution < 1.29 is 14.4 Å². The van der Waals surface area contributed by atoms with Gasteiger partial charge in [-0.15, -0.1) is 11.3 Å². The van der Waals surface area contributed by atoms with E-state index in [0.717, 1.165) is 25.1 Å². The molecule has 7 nitrogen and oxygen atoms in total. The van der Waals surface area contributed by atoms with Crippen molar-refractivity contribution in [1.82, 2.24) is 20.4 Å². The van der Waals surface area contributed by atoms with Crippen molar-refractivity contribution in [3.05, 3.63) is 56.7 Å². The summed E-state index contributed by atoms with van der Waals surface area (Å²) in [5, 5.41) is 7.89. The van der Waals surface area contributed by atoms with E-state index in [2.05, 4.69) is 27.0 Å². The molecule has 152 valence electrons. The Labute approximate surface area is 177 Å². The number of carbonyl (C=O) groups is 3. The highest BCUT2D eigenvalue weighted by atomic mass is 35.5. The summed E-state index contributed by atoms with van der Waals surface area (Å²) in [5.41, 5.74) is 2.40. The third kappa shape index (κ3) is 4.60. The molecule has 4 amide bonds. The zero-order valence-corrected chi connectivity index (χ0v) is 17.3. The first-order chi connectivity index (χ1) is 14.0. The van der Waals surface area contributed by atoms with Gasteiger partial charge in [-0.2, -0.15) is 0 Å². The van der Waals surface area contributed by atoms with Crippen LogP contribution in [0.5, 0.6) is 0 Å². The number of thiophene rings is 1. The van der Waals surface area contributed by atoms with Crippen LogP contribution in [0.2, 0.25) is 5.02 Å². The van der Waals surface area contributed by atoms with Gasteiger partial charge in [0.05, 0.1) is 6.04 Å². The van der Waals surface area contributed by atoms with Crippen LogP contribution in [0.1, 0.15) is 22.0 Å². The first-order valence-corrected chi connectivity index (χ1v) is 10.7. The Hall–Kier alpha value is -2.42. The Morgan fingerprint density at radius 2 is 2.00 bits per heavy atom. The summed E-state index contributed by atoms with van der Waals surface area (Å²) in [7, 11) is 0. The third-order valence-electron chi connectivity index (χ3n) is 5.23. The number of fused-ring (bicyclic) bond motifs is 1. The molecule has 0 radical (unpaired) electrons. The molecule has 1 aromatic carbocycles. The number of nitrogens with one attached hydrogen (secondary N) is 2. The van der Waals surface area contributed by atoms with Crippen molar-refractivity contribution in [3.63, 3.8) is 0 Å². The number of halogens is 1. The number of imide groups is 1. The van der Waals surface area contributed by atoms with E-state index < -0.39 is 6.03 Å². The summed E-state index contributed by atoms with van der Waals surface area (Å²) in [6.07, 6.45) is 0.987. The number of amides is 4. The van der Waals surface area contributed by atoms with Crippen molar-refractivity contribution in [2.45, 2.75) is 19.0 Å². The van der Waals surface area contributed by atoms with Crippen molar-refractivity contribution in [2.75, 3.05) is 26.2 Å². The van der Waals surface area contributed by atoms with Gasteiger partial charge in [-0.1, -0.05) is 23.7 Å². The van der Waals surface area contributed by atoms with Gasteiger partial charge >= 0.3 is 6.03 Å². The number of rotatable bonds is 6. The molecule has 0 saturated carbocycles. The van der Waals surface area contributed by atoms with Crippen molar-refractivity contribution in [3.8, 4) is 0 Å². The Morgan fingerprint density at radius 1 is 1.21 bits per heavy atom. The van der Waals surface area contributed by atoms with Crippen LogP contribution >= 0.6 is 22.9 Å². The van der Waals surface area contributed by atoms with E-state index in [-0.39, 0.29) is 30.9 Å². The first-order valence-electron chi connectivity index (χ1n) is 9.40. The lowest BCUT2D eigenvalue weighted by Gasteiger charge is -2.35. The van der Waals surface area contributed by atoms with Gasteiger partial charge in [0.25, 0.3) is 0 Å². The van der Waals surface area contributed by atoms with Gasteiger partial charge in [0.1, 0.15) is 13.1 Å². The number of nitrogens with zero attached hydrogens (tertiary/aromatic N) is 2. The van der Waals surface area contributed by atoms with Crippen LogP contribution < -0.4 is 10.6 Å². The van der Waals surface area contributed by atoms with Gasteiger partial charge in [-0.3, -0.25) is 19.8 Å². The lowest BCUT2D eigenvalue weighted by atomic mass is 10.0. The van der Waals surface area contributed by atoms with E-state index in [9.17, 15) is 14.4 Å². The molecule has 2 aliphatic rings. The zero-order valence-electron chi connectivity index (χ0n) is 15.7. The summed E-state index contributed by atoms with van der Waals surface area (Å²) in [4.78, 5) is 40.3. The monoisotopic (exact) mass is 432 g/mol. The number of hydrogen-bond acceptors (Lipinski definition) is 5. The molecule has 1 unspecified atom stereocenters. The van der Waals surface area contributed by atoms with E-state index in [4.69, 9.17) is 11.6 Å². The van der Waals surface area contributed by atoms with Crippen molar-refractivity contribution in [1.29, 1.82) is 0 Å². The second-order valence-corrected chi connectivity index (χ2v) is 8.61. The fourth-order valence-electron chi connectivity index (χ4n) is 3.73. The van der Waals surface area contributed by atoms with Gasteiger partial charge in [0, 0.05) is 29.5 Å². The topological polar surface area (TPSA) is 81.8 Å². The van der Waals surface area contributed by atoms with Crippen molar-refractivity contribution >= 4 is 40.8 Å². The molecule has 1 atom stereocenters. The molecule has 29 heavy (non-hydrogen) atoms. The Morgan fingerprint density at radius 3 is 2.72 bits per heavy atom. The van der Waals surface area contributed by atoms with Crippen LogP contribution in [0.25, 0.3) is 0 Å². The third-order valence-corrected chi connectivity index (χ3v) is 6.50. The summed E-state index contributed by atoms with van der Waals surface area (Å²) in [5.74, 6) is -0.677. The molecule has 9 heteroatoms. The number of benzene rings is 1. The minimum absolute atomic E-state index is 0.0155. The normalized spacial score (nSPS) is 17.8. The van der Waals surface area contributed by atoms with Crippen LogP contribution in [0, 0.1) is 0 Å². The second kappa shape index (κ2) is 8.52. The molecule has 1 aromatic heterocycles. The number of hydrogen-bond donors (Lipinski definition) is 2. The maximum absolute atomic E-state index is 12.4. The van der Waals surface area contributed by atoms with E-state index in [1.54, 1.807) is 11.3 Å². The summed E-state index contributed by atoms with van der Waals surface area (Å²) < 4.78 is 0. The molecule has 0 spiro atoms. The quantitative estimate of drug-likeness (QED) is 0.685. The molecule has 2 aromatic rings.